The summed E-state index contributed by atoms with van der Waals surface area (Å²) in [4.78, 5) is 21.6. The quantitative estimate of drug-likeness (QED) is 0.579. The van der Waals surface area contributed by atoms with Gasteiger partial charge >= 0.3 is 0 Å². The Kier molecular flexibility index (Phi) is 2.19. The maximum atomic E-state index is 10.9. The van der Waals surface area contributed by atoms with Crippen LogP contribution in [0.15, 0.2) is 11.6 Å². The van der Waals surface area contributed by atoms with Gasteiger partial charge in [0.05, 0.1) is 12.5 Å². The van der Waals surface area contributed by atoms with E-state index in [-0.39, 0.29) is 23.6 Å². The smallest absolute Gasteiger partial charge is 0.169 e. The van der Waals surface area contributed by atoms with E-state index in [2.05, 4.69) is 0 Å². The van der Waals surface area contributed by atoms with Crippen molar-refractivity contribution in [1.82, 2.24) is 0 Å². The monoisotopic (exact) mass is 154 g/mol. The number of hydrogen-bond acceptors (Lipinski definition) is 3. The molecule has 0 spiro atoms. The van der Waals surface area contributed by atoms with Crippen LogP contribution in [0.5, 0.6) is 0 Å². The fraction of sp³-hybridized carbons (Fsp3) is 0.500. The van der Waals surface area contributed by atoms with E-state index in [4.69, 9.17) is 0 Å². The standard InChI is InChI=1S/C8H10O3/c1-2-7(10)6-3-5(9)4-8(6)11/h3,7,10H,2,4H2,1H3. The van der Waals surface area contributed by atoms with Gasteiger partial charge in [-0.15, -0.1) is 0 Å². The summed E-state index contributed by atoms with van der Waals surface area (Å²) in [7, 11) is 0. The third-order valence-electron chi connectivity index (χ3n) is 1.72. The largest absolute Gasteiger partial charge is 0.388 e. The second kappa shape index (κ2) is 2.96. The topological polar surface area (TPSA) is 54.4 Å². The van der Waals surface area contributed by atoms with Crippen molar-refractivity contribution in [3.63, 3.8) is 0 Å². The minimum Gasteiger partial charge on any atom is -0.388 e. The van der Waals surface area contributed by atoms with Crippen molar-refractivity contribution in [3.8, 4) is 0 Å². The number of carbonyl (C=O) groups is 2. The summed E-state index contributed by atoms with van der Waals surface area (Å²) >= 11 is 0. The van der Waals surface area contributed by atoms with E-state index in [0.717, 1.165) is 0 Å². The molecule has 0 heterocycles. The van der Waals surface area contributed by atoms with E-state index in [1.54, 1.807) is 6.92 Å². The molecule has 0 fully saturated rings. The summed E-state index contributed by atoms with van der Waals surface area (Å²) in [5.74, 6) is -0.429. The van der Waals surface area contributed by atoms with Gasteiger partial charge in [0.25, 0.3) is 0 Å². The lowest BCUT2D eigenvalue weighted by atomic mass is 10.1. The minimum absolute atomic E-state index is 0.0631. The lowest BCUT2D eigenvalue weighted by molar-refractivity contribution is -0.121. The van der Waals surface area contributed by atoms with Crippen LogP contribution in [0.4, 0.5) is 0 Å². The molecule has 0 amide bonds. The Morgan fingerprint density at radius 1 is 1.64 bits per heavy atom. The van der Waals surface area contributed by atoms with Gasteiger partial charge in [0.1, 0.15) is 0 Å². The minimum atomic E-state index is -0.756. The molecular formula is C8H10O3. The summed E-state index contributed by atoms with van der Waals surface area (Å²) in [6.45, 7) is 1.77. The molecule has 0 aromatic carbocycles. The summed E-state index contributed by atoms with van der Waals surface area (Å²) < 4.78 is 0. The summed E-state index contributed by atoms with van der Waals surface area (Å²) in [6.07, 6.45) is 0.905. The van der Waals surface area contributed by atoms with Gasteiger partial charge in [-0.1, -0.05) is 6.92 Å². The first-order valence-corrected chi connectivity index (χ1v) is 3.60. The van der Waals surface area contributed by atoms with Gasteiger partial charge in [0.2, 0.25) is 0 Å². The zero-order valence-corrected chi connectivity index (χ0v) is 6.33. The second-order valence-corrected chi connectivity index (χ2v) is 2.59. The molecule has 0 aromatic rings. The number of hydrogen-bond donors (Lipinski definition) is 1. The number of rotatable bonds is 2. The first-order chi connectivity index (χ1) is 5.15. The van der Waals surface area contributed by atoms with Gasteiger partial charge in [-0.05, 0) is 12.5 Å². The third kappa shape index (κ3) is 1.54. The Labute approximate surface area is 64.7 Å². The maximum absolute atomic E-state index is 10.9. The van der Waals surface area contributed by atoms with Crippen molar-refractivity contribution in [2.24, 2.45) is 0 Å². The van der Waals surface area contributed by atoms with Crippen molar-refractivity contribution in [2.75, 3.05) is 0 Å². The molecule has 1 atom stereocenters. The molecule has 0 bridgehead atoms. The number of Topliss-reactive ketones (excluding diaryl/α,β-unsaturated/α-hetero) is 1. The Morgan fingerprint density at radius 2 is 2.27 bits per heavy atom. The molecule has 0 radical (unpaired) electrons. The van der Waals surface area contributed by atoms with Gasteiger partial charge in [0, 0.05) is 5.57 Å². The van der Waals surface area contributed by atoms with Crippen LogP contribution in [0, 0.1) is 0 Å². The van der Waals surface area contributed by atoms with Crippen LogP contribution < -0.4 is 0 Å². The van der Waals surface area contributed by atoms with Gasteiger partial charge in [-0.25, -0.2) is 0 Å². The molecule has 1 aliphatic rings. The highest BCUT2D eigenvalue weighted by Gasteiger charge is 2.25. The van der Waals surface area contributed by atoms with Crippen molar-refractivity contribution in [1.29, 1.82) is 0 Å². The van der Waals surface area contributed by atoms with Crippen LogP contribution in [0.25, 0.3) is 0 Å². The average molecular weight is 154 g/mol. The van der Waals surface area contributed by atoms with Gasteiger partial charge < -0.3 is 5.11 Å². The third-order valence-corrected chi connectivity index (χ3v) is 1.72. The predicted molar refractivity (Wildman–Crippen MR) is 39.0 cm³/mol. The Morgan fingerprint density at radius 3 is 2.64 bits per heavy atom. The number of ketones is 2. The highest BCUT2D eigenvalue weighted by molar-refractivity contribution is 6.19. The molecule has 1 rings (SSSR count). The van der Waals surface area contributed by atoms with E-state index in [1.807, 2.05) is 0 Å². The molecule has 3 heteroatoms. The van der Waals surface area contributed by atoms with Crippen LogP contribution in [0.3, 0.4) is 0 Å². The number of allylic oxidation sites excluding steroid dienone is 1. The summed E-state index contributed by atoms with van der Waals surface area (Å²) in [5.41, 5.74) is 0.275. The normalized spacial score (nSPS) is 20.4. The fourth-order valence-electron chi connectivity index (χ4n) is 1.07. The Balaban J connectivity index is 2.79. The van der Waals surface area contributed by atoms with E-state index >= 15 is 0 Å². The van der Waals surface area contributed by atoms with Gasteiger partial charge in [-0.3, -0.25) is 9.59 Å². The highest BCUT2D eigenvalue weighted by atomic mass is 16.3. The zero-order valence-electron chi connectivity index (χ0n) is 6.33. The summed E-state index contributed by atoms with van der Waals surface area (Å²) in [5, 5.41) is 9.20. The lowest BCUT2D eigenvalue weighted by Crippen LogP contribution is -2.13. The number of aliphatic hydroxyl groups excluding tert-OH is 1. The van der Waals surface area contributed by atoms with Crippen LogP contribution in [-0.4, -0.2) is 22.8 Å². The average Bonchev–Trinajstić information content (AvgIpc) is 2.28. The molecule has 1 unspecified atom stereocenters. The molecule has 0 saturated carbocycles. The van der Waals surface area contributed by atoms with Crippen molar-refractivity contribution in [2.45, 2.75) is 25.9 Å². The van der Waals surface area contributed by atoms with E-state index in [0.29, 0.717) is 6.42 Å². The first-order valence-electron chi connectivity index (χ1n) is 3.60. The highest BCUT2D eigenvalue weighted by Crippen LogP contribution is 2.16. The molecule has 1 N–H and O–H groups in total. The first kappa shape index (κ1) is 8.14. The zero-order chi connectivity index (χ0) is 8.43. The second-order valence-electron chi connectivity index (χ2n) is 2.59. The predicted octanol–water partition coefficient (Wildman–Crippen LogP) is 0.226. The molecule has 0 aromatic heterocycles. The number of carbonyl (C=O) groups excluding carboxylic acids is 2. The number of aliphatic hydroxyl groups is 1. The molecule has 1 aliphatic carbocycles. The molecule has 11 heavy (non-hydrogen) atoms. The van der Waals surface area contributed by atoms with Gasteiger partial charge in [0.15, 0.2) is 11.6 Å². The molecular weight excluding hydrogens is 144 g/mol. The summed E-state index contributed by atoms with van der Waals surface area (Å²) in [6, 6.07) is 0. The Bertz CT molecular complexity index is 227. The molecule has 60 valence electrons. The van der Waals surface area contributed by atoms with Crippen LogP contribution in [-0.2, 0) is 9.59 Å². The van der Waals surface area contributed by atoms with Crippen molar-refractivity contribution in [3.05, 3.63) is 11.6 Å². The Hall–Kier alpha value is -0.960. The van der Waals surface area contributed by atoms with Crippen LogP contribution >= 0.6 is 0 Å². The SMILES string of the molecule is CCC(O)C1=CC(=O)CC1=O. The fourth-order valence-corrected chi connectivity index (χ4v) is 1.07. The van der Waals surface area contributed by atoms with Crippen molar-refractivity contribution >= 4 is 11.6 Å². The van der Waals surface area contributed by atoms with E-state index in [9.17, 15) is 14.7 Å². The van der Waals surface area contributed by atoms with Crippen LogP contribution in [0.2, 0.25) is 0 Å². The van der Waals surface area contributed by atoms with Gasteiger partial charge in [-0.2, -0.15) is 0 Å². The van der Waals surface area contributed by atoms with E-state index < -0.39 is 6.10 Å². The van der Waals surface area contributed by atoms with Crippen LogP contribution in [0.1, 0.15) is 19.8 Å². The lowest BCUT2D eigenvalue weighted by Gasteiger charge is -2.05. The molecule has 3 nitrogen and oxygen atoms in total. The molecule has 0 aliphatic heterocycles. The van der Waals surface area contributed by atoms with E-state index in [1.165, 1.54) is 6.08 Å². The molecule has 0 saturated heterocycles. The maximum Gasteiger partial charge on any atom is 0.169 e. The van der Waals surface area contributed by atoms with Crippen molar-refractivity contribution < 1.29 is 14.7 Å².